The summed E-state index contributed by atoms with van der Waals surface area (Å²) in [7, 11) is 1.55. The average Bonchev–Trinajstić information content (AvgIpc) is 2.55. The van der Waals surface area contributed by atoms with Crippen molar-refractivity contribution in [3.8, 4) is 11.5 Å². The maximum absolute atomic E-state index is 12.0. The normalized spacial score (nSPS) is 11.4. The Labute approximate surface area is 133 Å². The van der Waals surface area contributed by atoms with Gasteiger partial charge in [0.2, 0.25) is 0 Å². The lowest BCUT2D eigenvalue weighted by Gasteiger charge is -2.14. The van der Waals surface area contributed by atoms with Crippen LogP contribution in [-0.2, 0) is 9.53 Å². The van der Waals surface area contributed by atoms with Gasteiger partial charge in [-0.25, -0.2) is 4.79 Å². The Bertz CT molecular complexity index is 696. The third-order valence-corrected chi connectivity index (χ3v) is 3.09. The minimum Gasteiger partial charge on any atom is -0.508 e. The summed E-state index contributed by atoms with van der Waals surface area (Å²) in [4.78, 5) is 23.9. The van der Waals surface area contributed by atoms with Crippen LogP contribution in [0.1, 0.15) is 17.3 Å². The van der Waals surface area contributed by atoms with Gasteiger partial charge in [0.15, 0.2) is 6.10 Å². The fourth-order valence-corrected chi connectivity index (χ4v) is 1.83. The van der Waals surface area contributed by atoms with Gasteiger partial charge in [0.1, 0.15) is 11.5 Å². The maximum Gasteiger partial charge on any atom is 0.339 e. The molecule has 0 unspecified atom stereocenters. The molecule has 1 atom stereocenters. The van der Waals surface area contributed by atoms with Crippen LogP contribution in [0.5, 0.6) is 11.5 Å². The van der Waals surface area contributed by atoms with Gasteiger partial charge < -0.3 is 19.9 Å². The molecule has 0 radical (unpaired) electrons. The number of rotatable bonds is 5. The van der Waals surface area contributed by atoms with Gasteiger partial charge in [0.25, 0.3) is 5.91 Å². The smallest absolute Gasteiger partial charge is 0.339 e. The molecule has 6 heteroatoms. The van der Waals surface area contributed by atoms with Crippen LogP contribution in [0.4, 0.5) is 5.69 Å². The standard InChI is InChI=1S/C17H17NO5/c1-11(23-17(21)12-4-3-5-14(19)10-12)16(20)18-13-6-8-15(22-2)9-7-13/h3-11,19H,1-2H3,(H,18,20)/t11-/m1/s1. The molecule has 0 fully saturated rings. The number of hydrogen-bond acceptors (Lipinski definition) is 5. The summed E-state index contributed by atoms with van der Waals surface area (Å²) >= 11 is 0. The van der Waals surface area contributed by atoms with Gasteiger partial charge >= 0.3 is 5.97 Å². The van der Waals surface area contributed by atoms with Crippen molar-refractivity contribution in [1.82, 2.24) is 0 Å². The number of hydrogen-bond donors (Lipinski definition) is 2. The number of esters is 1. The summed E-state index contributed by atoms with van der Waals surface area (Å²) < 4.78 is 10.1. The summed E-state index contributed by atoms with van der Waals surface area (Å²) in [6.07, 6.45) is -0.980. The summed E-state index contributed by atoms with van der Waals surface area (Å²) in [5.41, 5.74) is 0.741. The maximum atomic E-state index is 12.0. The number of phenols is 1. The molecule has 0 spiro atoms. The van der Waals surface area contributed by atoms with Crippen LogP contribution in [0.2, 0.25) is 0 Å². The fraction of sp³-hybridized carbons (Fsp3) is 0.176. The number of phenolic OH excluding ortho intramolecular Hbond substituents is 1. The Kier molecular flexibility index (Phi) is 5.19. The molecule has 0 aromatic heterocycles. The van der Waals surface area contributed by atoms with Crippen LogP contribution in [0.25, 0.3) is 0 Å². The highest BCUT2D eigenvalue weighted by Gasteiger charge is 2.19. The van der Waals surface area contributed by atoms with Gasteiger partial charge in [-0.05, 0) is 49.4 Å². The largest absolute Gasteiger partial charge is 0.508 e. The number of amides is 1. The molecule has 120 valence electrons. The third-order valence-electron chi connectivity index (χ3n) is 3.09. The minimum absolute atomic E-state index is 0.0465. The molecule has 0 heterocycles. The molecule has 0 aliphatic heterocycles. The molecule has 0 bridgehead atoms. The van der Waals surface area contributed by atoms with E-state index in [1.807, 2.05) is 0 Å². The molecular formula is C17H17NO5. The second-order valence-electron chi connectivity index (χ2n) is 4.82. The van der Waals surface area contributed by atoms with Crippen LogP contribution in [-0.4, -0.2) is 30.2 Å². The highest BCUT2D eigenvalue weighted by Crippen LogP contribution is 2.16. The average molecular weight is 315 g/mol. The van der Waals surface area contributed by atoms with E-state index in [1.165, 1.54) is 31.2 Å². The zero-order valence-electron chi connectivity index (χ0n) is 12.8. The predicted octanol–water partition coefficient (Wildman–Crippen LogP) is 2.58. The lowest BCUT2D eigenvalue weighted by Crippen LogP contribution is -2.29. The first kappa shape index (κ1) is 16.4. The van der Waals surface area contributed by atoms with E-state index in [1.54, 1.807) is 31.4 Å². The lowest BCUT2D eigenvalue weighted by atomic mass is 10.2. The van der Waals surface area contributed by atoms with Crippen LogP contribution in [0.3, 0.4) is 0 Å². The molecule has 0 aliphatic carbocycles. The van der Waals surface area contributed by atoms with Crippen molar-refractivity contribution < 1.29 is 24.2 Å². The van der Waals surface area contributed by atoms with Gasteiger partial charge in [0.05, 0.1) is 12.7 Å². The van der Waals surface area contributed by atoms with Crippen LogP contribution < -0.4 is 10.1 Å². The number of methoxy groups -OCH3 is 1. The molecule has 0 saturated heterocycles. The van der Waals surface area contributed by atoms with Crippen molar-refractivity contribution in [2.45, 2.75) is 13.0 Å². The molecule has 6 nitrogen and oxygen atoms in total. The van der Waals surface area contributed by atoms with E-state index in [4.69, 9.17) is 9.47 Å². The quantitative estimate of drug-likeness (QED) is 0.828. The van der Waals surface area contributed by atoms with E-state index in [2.05, 4.69) is 5.32 Å². The number of carbonyl (C=O) groups is 2. The molecule has 1 amide bonds. The van der Waals surface area contributed by atoms with Crippen molar-refractivity contribution in [3.05, 3.63) is 54.1 Å². The van der Waals surface area contributed by atoms with Gasteiger partial charge in [-0.3, -0.25) is 4.79 Å². The molecule has 23 heavy (non-hydrogen) atoms. The van der Waals surface area contributed by atoms with Crippen molar-refractivity contribution in [2.75, 3.05) is 12.4 Å². The Morgan fingerprint density at radius 2 is 1.83 bits per heavy atom. The topological polar surface area (TPSA) is 84.9 Å². The highest BCUT2D eigenvalue weighted by atomic mass is 16.5. The number of benzene rings is 2. The molecule has 0 aliphatic rings. The summed E-state index contributed by atoms with van der Waals surface area (Å²) in [5, 5.41) is 12.0. The van der Waals surface area contributed by atoms with Crippen molar-refractivity contribution in [1.29, 1.82) is 0 Å². The first-order valence-electron chi connectivity index (χ1n) is 6.94. The first-order valence-corrected chi connectivity index (χ1v) is 6.94. The Balaban J connectivity index is 1.95. The molecule has 0 saturated carbocycles. The summed E-state index contributed by atoms with van der Waals surface area (Å²) in [6, 6.07) is 12.5. The van der Waals surface area contributed by atoms with E-state index in [0.717, 1.165) is 0 Å². The summed E-state index contributed by atoms with van der Waals surface area (Å²) in [5.74, 6) is -0.511. The number of aromatic hydroxyl groups is 1. The predicted molar refractivity (Wildman–Crippen MR) is 84.6 cm³/mol. The SMILES string of the molecule is COc1ccc(NC(=O)[C@@H](C)OC(=O)c2cccc(O)c2)cc1. The highest BCUT2D eigenvalue weighted by molar-refractivity contribution is 5.97. The lowest BCUT2D eigenvalue weighted by molar-refractivity contribution is -0.123. The number of anilines is 1. The van der Waals surface area contributed by atoms with E-state index in [0.29, 0.717) is 11.4 Å². The van der Waals surface area contributed by atoms with Gasteiger partial charge in [-0.2, -0.15) is 0 Å². The van der Waals surface area contributed by atoms with Crippen LogP contribution in [0, 0.1) is 0 Å². The minimum atomic E-state index is -0.980. The van der Waals surface area contributed by atoms with E-state index in [9.17, 15) is 14.7 Å². The van der Waals surface area contributed by atoms with Gasteiger partial charge in [0, 0.05) is 5.69 Å². The number of nitrogens with one attached hydrogen (secondary N) is 1. The van der Waals surface area contributed by atoms with E-state index < -0.39 is 18.0 Å². The van der Waals surface area contributed by atoms with E-state index in [-0.39, 0.29) is 11.3 Å². The Hall–Kier alpha value is -3.02. The van der Waals surface area contributed by atoms with Crippen LogP contribution in [0.15, 0.2) is 48.5 Å². The second-order valence-corrected chi connectivity index (χ2v) is 4.82. The number of ether oxygens (including phenoxy) is 2. The first-order chi connectivity index (χ1) is 11.0. The fourth-order valence-electron chi connectivity index (χ4n) is 1.83. The van der Waals surface area contributed by atoms with E-state index >= 15 is 0 Å². The van der Waals surface area contributed by atoms with Gasteiger partial charge in [-0.1, -0.05) is 6.07 Å². The van der Waals surface area contributed by atoms with Crippen molar-refractivity contribution >= 4 is 17.6 Å². The summed E-state index contributed by atoms with van der Waals surface area (Å²) in [6.45, 7) is 1.47. The zero-order valence-corrected chi connectivity index (χ0v) is 12.8. The number of carbonyl (C=O) groups excluding carboxylic acids is 2. The molecule has 2 N–H and O–H groups in total. The zero-order chi connectivity index (χ0) is 16.8. The van der Waals surface area contributed by atoms with Crippen molar-refractivity contribution in [2.24, 2.45) is 0 Å². The second kappa shape index (κ2) is 7.31. The van der Waals surface area contributed by atoms with Gasteiger partial charge in [-0.15, -0.1) is 0 Å². The Morgan fingerprint density at radius 1 is 1.13 bits per heavy atom. The van der Waals surface area contributed by atoms with Crippen molar-refractivity contribution in [3.63, 3.8) is 0 Å². The Morgan fingerprint density at radius 3 is 2.43 bits per heavy atom. The molecule has 2 aromatic carbocycles. The molecule has 2 rings (SSSR count). The monoisotopic (exact) mass is 315 g/mol. The molecular weight excluding hydrogens is 298 g/mol. The van der Waals surface area contributed by atoms with Crippen LogP contribution >= 0.6 is 0 Å². The third kappa shape index (κ3) is 4.47. The molecule has 2 aromatic rings.